The van der Waals surface area contributed by atoms with E-state index in [1.54, 1.807) is 0 Å². The minimum absolute atomic E-state index is 0.633. The second kappa shape index (κ2) is 16.0. The summed E-state index contributed by atoms with van der Waals surface area (Å²) in [5.74, 6) is 0.676. The molecule has 0 saturated heterocycles. The normalized spacial score (nSPS) is 12.6. The summed E-state index contributed by atoms with van der Waals surface area (Å²) in [6.07, 6.45) is 5.75. The summed E-state index contributed by atoms with van der Waals surface area (Å²) in [6.45, 7) is 0. The average molecular weight is 839 g/mol. The van der Waals surface area contributed by atoms with Crippen LogP contribution in [0.1, 0.15) is 35.4 Å². The van der Waals surface area contributed by atoms with E-state index >= 15 is 0 Å². The molecular formula is C62H38N4. The van der Waals surface area contributed by atoms with Crippen LogP contribution in [0, 0.1) is 22.7 Å². The molecule has 0 radical (unpaired) electrons. The molecule has 0 N–H and O–H groups in total. The molecule has 306 valence electrons. The maximum atomic E-state index is 9.99. The van der Waals surface area contributed by atoms with Crippen LogP contribution in [0.5, 0.6) is 0 Å². The molecular weight excluding hydrogens is 801 g/mol. The number of hydrogen-bond acceptors (Lipinski definition) is 4. The largest absolute Gasteiger partial charge is 0.228 e. The first-order chi connectivity index (χ1) is 32.6. The highest BCUT2D eigenvalue weighted by Crippen LogP contribution is 2.45. The van der Waals surface area contributed by atoms with Crippen molar-refractivity contribution in [1.29, 1.82) is 10.5 Å². The third-order valence-corrected chi connectivity index (χ3v) is 13.3. The van der Waals surface area contributed by atoms with Gasteiger partial charge in [-0.3, -0.25) is 0 Å². The van der Waals surface area contributed by atoms with Gasteiger partial charge in [0.2, 0.25) is 0 Å². The van der Waals surface area contributed by atoms with Crippen molar-refractivity contribution < 1.29 is 0 Å². The Morgan fingerprint density at radius 3 is 1.48 bits per heavy atom. The number of aromatic nitrogens is 2. The lowest BCUT2D eigenvalue weighted by Gasteiger charge is -2.20. The van der Waals surface area contributed by atoms with Gasteiger partial charge in [-0.05, 0) is 137 Å². The lowest BCUT2D eigenvalue weighted by atomic mass is 9.87. The summed E-state index contributed by atoms with van der Waals surface area (Å²) in [6, 6.07) is 72.8. The van der Waals surface area contributed by atoms with Gasteiger partial charge in [0, 0.05) is 16.5 Å². The molecule has 1 aliphatic carbocycles. The lowest BCUT2D eigenvalue weighted by Crippen LogP contribution is -2.03. The van der Waals surface area contributed by atoms with Crippen LogP contribution < -0.4 is 0 Å². The summed E-state index contributed by atoms with van der Waals surface area (Å²) in [4.78, 5) is 11.2. The van der Waals surface area contributed by atoms with Gasteiger partial charge in [0.25, 0.3) is 0 Å². The van der Waals surface area contributed by atoms with Gasteiger partial charge in [0.1, 0.15) is 0 Å². The van der Waals surface area contributed by atoms with E-state index in [9.17, 15) is 10.5 Å². The Balaban J connectivity index is 1.17. The Kier molecular flexibility index (Phi) is 9.37. The first-order valence-corrected chi connectivity index (χ1v) is 22.3. The molecule has 0 atom stereocenters. The Hall–Kier alpha value is -8.96. The van der Waals surface area contributed by atoms with Gasteiger partial charge in [0.15, 0.2) is 5.82 Å². The van der Waals surface area contributed by atoms with Crippen molar-refractivity contribution in [3.05, 3.63) is 229 Å². The predicted octanol–water partition coefficient (Wildman–Crippen LogP) is 15.9. The number of hydrogen-bond donors (Lipinski definition) is 0. The zero-order valence-corrected chi connectivity index (χ0v) is 35.8. The first-order valence-electron chi connectivity index (χ1n) is 22.3. The Labute approximate surface area is 382 Å². The van der Waals surface area contributed by atoms with Gasteiger partial charge in [-0.25, -0.2) is 9.97 Å². The molecule has 4 heteroatoms. The predicted molar refractivity (Wildman–Crippen MR) is 272 cm³/mol. The summed E-state index contributed by atoms with van der Waals surface area (Å²) in [5, 5.41) is 30.4. The Morgan fingerprint density at radius 2 is 0.848 bits per heavy atom. The smallest absolute Gasteiger partial charge is 0.156 e. The molecule has 10 aromatic carbocycles. The topological polar surface area (TPSA) is 73.4 Å². The summed E-state index contributed by atoms with van der Waals surface area (Å²) in [5.41, 5.74) is 13.3. The van der Waals surface area contributed by atoms with E-state index in [2.05, 4.69) is 170 Å². The van der Waals surface area contributed by atoms with Crippen LogP contribution >= 0.6 is 0 Å². The number of fused-ring (bicyclic) bond motifs is 7. The van der Waals surface area contributed by atoms with Crippen molar-refractivity contribution in [2.45, 2.75) is 12.8 Å². The van der Waals surface area contributed by atoms with Crippen molar-refractivity contribution in [1.82, 2.24) is 9.97 Å². The highest BCUT2D eigenvalue weighted by atomic mass is 14.9. The highest BCUT2D eigenvalue weighted by Gasteiger charge is 2.23. The zero-order valence-electron chi connectivity index (χ0n) is 35.8. The van der Waals surface area contributed by atoms with Crippen molar-refractivity contribution in [3.63, 3.8) is 0 Å². The number of benzene rings is 10. The number of allylic oxidation sites excluding steroid dienone is 4. The van der Waals surface area contributed by atoms with Crippen LogP contribution in [0.15, 0.2) is 206 Å². The summed E-state index contributed by atoms with van der Waals surface area (Å²) in [7, 11) is 0. The van der Waals surface area contributed by atoms with Gasteiger partial charge in [-0.2, -0.15) is 10.5 Å². The van der Waals surface area contributed by atoms with Gasteiger partial charge in [0.05, 0.1) is 34.5 Å². The standard InChI is InChI=1S/C62H38N4/c63-37-45-15-3-5-17-48(45)39-25-29-41(30-26-39)60-59-36-47(56-33-43-13-1-7-19-50(43)52-21-9-11-23-54(52)56)35-58(57-34-44-14-2-8-20-51(44)53-22-10-12-24-55(53)57)61(59)66-62(65-60)42-31-27-40(28-32-42)49-18-6-4-16-46(49)38-64/h1-27,29-31,33-36H,28,32H2. The van der Waals surface area contributed by atoms with Crippen LogP contribution in [0.4, 0.5) is 0 Å². The van der Waals surface area contributed by atoms with Crippen molar-refractivity contribution in [3.8, 4) is 56.8 Å². The van der Waals surface area contributed by atoms with Crippen LogP contribution in [-0.2, 0) is 0 Å². The third kappa shape index (κ3) is 6.52. The fraction of sp³-hybridized carbons (Fsp3) is 0.0323. The maximum absolute atomic E-state index is 9.99. The second-order valence-corrected chi connectivity index (χ2v) is 17.0. The van der Waals surface area contributed by atoms with E-state index in [-0.39, 0.29) is 0 Å². The molecule has 0 fully saturated rings. The number of nitrogens with zero attached hydrogens (tertiary/aromatic N) is 4. The SMILES string of the molecule is N#Cc1ccccc1C1=CC=C(c2nc(-c3ccc(-c4ccccc4C#N)cc3)c3cc(-c4cc5ccccc5c5ccccc45)cc(-c4cc5ccccc5c5ccccc45)c3n2)CC1. The minimum Gasteiger partial charge on any atom is -0.228 e. The van der Waals surface area contributed by atoms with E-state index in [0.29, 0.717) is 17.0 Å². The monoisotopic (exact) mass is 838 g/mol. The maximum Gasteiger partial charge on any atom is 0.156 e. The third-order valence-electron chi connectivity index (χ3n) is 13.3. The van der Waals surface area contributed by atoms with Crippen LogP contribution in [0.25, 0.3) is 110 Å². The van der Waals surface area contributed by atoms with Crippen molar-refractivity contribution >= 4 is 65.1 Å². The number of rotatable bonds is 6. The molecule has 1 aliphatic rings. The van der Waals surface area contributed by atoms with E-state index in [0.717, 1.165) is 95.9 Å². The fourth-order valence-corrected chi connectivity index (χ4v) is 10.1. The van der Waals surface area contributed by atoms with Crippen LogP contribution in [0.3, 0.4) is 0 Å². The van der Waals surface area contributed by atoms with E-state index in [4.69, 9.17) is 9.97 Å². The van der Waals surface area contributed by atoms with Crippen molar-refractivity contribution in [2.24, 2.45) is 0 Å². The average Bonchev–Trinajstić information content (AvgIpc) is 3.40. The molecule has 66 heavy (non-hydrogen) atoms. The molecule has 0 bridgehead atoms. The molecule has 11 aromatic rings. The fourth-order valence-electron chi connectivity index (χ4n) is 10.1. The molecule has 4 nitrogen and oxygen atoms in total. The van der Waals surface area contributed by atoms with Gasteiger partial charge in [-0.15, -0.1) is 0 Å². The Morgan fingerprint density at radius 1 is 0.348 bits per heavy atom. The summed E-state index contributed by atoms with van der Waals surface area (Å²) < 4.78 is 0. The molecule has 0 aliphatic heterocycles. The minimum atomic E-state index is 0.633. The van der Waals surface area contributed by atoms with E-state index in [1.165, 1.54) is 32.3 Å². The van der Waals surface area contributed by atoms with Gasteiger partial charge < -0.3 is 0 Å². The van der Waals surface area contributed by atoms with Gasteiger partial charge >= 0.3 is 0 Å². The quantitative estimate of drug-likeness (QED) is 0.156. The van der Waals surface area contributed by atoms with Crippen molar-refractivity contribution in [2.75, 3.05) is 0 Å². The molecule has 0 unspecified atom stereocenters. The van der Waals surface area contributed by atoms with E-state index < -0.39 is 0 Å². The van der Waals surface area contributed by atoms with Crippen LogP contribution in [0.2, 0.25) is 0 Å². The first kappa shape index (κ1) is 38.7. The Bertz CT molecular complexity index is 3950. The molecule has 0 saturated carbocycles. The molecule has 1 aromatic heterocycles. The summed E-state index contributed by atoms with van der Waals surface area (Å²) >= 11 is 0. The molecule has 0 spiro atoms. The highest BCUT2D eigenvalue weighted by molar-refractivity contribution is 6.19. The van der Waals surface area contributed by atoms with Crippen LogP contribution in [-0.4, -0.2) is 9.97 Å². The lowest BCUT2D eigenvalue weighted by molar-refractivity contribution is 1.03. The molecule has 1 heterocycles. The second-order valence-electron chi connectivity index (χ2n) is 17.0. The zero-order chi connectivity index (χ0) is 44.1. The molecule has 0 amide bonds. The molecule has 12 rings (SSSR count). The van der Waals surface area contributed by atoms with E-state index in [1.807, 2.05) is 48.5 Å². The van der Waals surface area contributed by atoms with Gasteiger partial charge in [-0.1, -0.05) is 170 Å². The number of nitriles is 2.